The van der Waals surface area contributed by atoms with Gasteiger partial charge in [-0.15, -0.1) is 0 Å². The van der Waals surface area contributed by atoms with Crippen LogP contribution in [0.5, 0.6) is 0 Å². The molecule has 0 unspecified atom stereocenters. The van der Waals surface area contributed by atoms with Gasteiger partial charge in [0.05, 0.1) is 35.8 Å². The van der Waals surface area contributed by atoms with E-state index in [0.717, 1.165) is 23.4 Å². The van der Waals surface area contributed by atoms with Gasteiger partial charge in [-0.25, -0.2) is 9.97 Å². The molecule has 2 amide bonds. The van der Waals surface area contributed by atoms with Crippen LogP contribution < -0.4 is 15.5 Å². The second-order valence-corrected chi connectivity index (χ2v) is 6.48. The molecule has 1 saturated heterocycles. The third-order valence-corrected chi connectivity index (χ3v) is 4.66. The van der Waals surface area contributed by atoms with Crippen molar-refractivity contribution < 1.29 is 9.59 Å². The number of hydrogen-bond donors (Lipinski definition) is 2. The Morgan fingerprint density at radius 1 is 1.22 bits per heavy atom. The molecule has 0 saturated carbocycles. The van der Waals surface area contributed by atoms with Crippen molar-refractivity contribution in [1.82, 2.24) is 19.9 Å². The van der Waals surface area contributed by atoms with Gasteiger partial charge in [0.1, 0.15) is 11.9 Å². The maximum absolute atomic E-state index is 12.6. The highest BCUT2D eigenvalue weighted by Crippen LogP contribution is 2.20. The van der Waals surface area contributed by atoms with E-state index in [1.165, 1.54) is 0 Å². The number of rotatable bonds is 4. The quantitative estimate of drug-likeness (QED) is 0.733. The van der Waals surface area contributed by atoms with E-state index in [1.807, 2.05) is 46.7 Å². The smallest absolute Gasteiger partial charge is 0.247 e. The van der Waals surface area contributed by atoms with Gasteiger partial charge in [0.15, 0.2) is 0 Å². The second kappa shape index (κ2) is 7.06. The number of nitrogens with zero attached hydrogens (tertiary/aromatic N) is 4. The molecule has 2 N–H and O–H groups in total. The Balaban J connectivity index is 1.45. The number of anilines is 2. The molecule has 8 heteroatoms. The summed E-state index contributed by atoms with van der Waals surface area (Å²) in [6.07, 6.45) is 3.29. The van der Waals surface area contributed by atoms with E-state index < -0.39 is 6.04 Å². The number of pyridine rings is 1. The fourth-order valence-electron chi connectivity index (χ4n) is 3.14. The minimum atomic E-state index is -0.414. The van der Waals surface area contributed by atoms with Crippen molar-refractivity contribution in [2.75, 3.05) is 29.9 Å². The van der Waals surface area contributed by atoms with E-state index in [9.17, 15) is 9.59 Å². The van der Waals surface area contributed by atoms with Crippen molar-refractivity contribution in [3.63, 3.8) is 0 Å². The van der Waals surface area contributed by atoms with Crippen LogP contribution in [0.2, 0.25) is 0 Å². The Hall–Kier alpha value is -3.42. The molecule has 0 bridgehead atoms. The lowest BCUT2D eigenvalue weighted by atomic mass is 10.2. The second-order valence-electron chi connectivity index (χ2n) is 6.48. The number of carbonyl (C=O) groups is 2. The molecule has 1 aliphatic rings. The van der Waals surface area contributed by atoms with E-state index in [0.29, 0.717) is 18.8 Å². The average molecular weight is 364 g/mol. The first kappa shape index (κ1) is 17.0. The standard InChI is InChI=1S/C19H20N6O2/c1-13(25-12-22-15-4-2-3-5-16(15)25)19(27)23-14-6-7-17(21-10-14)24-9-8-20-18(26)11-24/h2-7,10,12-13H,8-9,11H2,1H3,(H,20,26)(H,23,27)/t13-/m1/s1. The van der Waals surface area contributed by atoms with Gasteiger partial charge in [0, 0.05) is 13.1 Å². The first-order chi connectivity index (χ1) is 13.1. The van der Waals surface area contributed by atoms with E-state index in [2.05, 4.69) is 20.6 Å². The summed E-state index contributed by atoms with van der Waals surface area (Å²) in [6.45, 7) is 3.45. The Labute approximate surface area is 156 Å². The molecule has 138 valence electrons. The lowest BCUT2D eigenvalue weighted by Crippen LogP contribution is -2.48. The van der Waals surface area contributed by atoms with E-state index in [-0.39, 0.29) is 11.8 Å². The molecule has 0 radical (unpaired) electrons. The van der Waals surface area contributed by atoms with Gasteiger partial charge in [0.25, 0.3) is 0 Å². The van der Waals surface area contributed by atoms with Crippen molar-refractivity contribution >= 4 is 34.4 Å². The molecule has 1 aliphatic heterocycles. The van der Waals surface area contributed by atoms with Crippen LogP contribution in [0.1, 0.15) is 13.0 Å². The summed E-state index contributed by atoms with van der Waals surface area (Å²) in [6, 6.07) is 10.9. The summed E-state index contributed by atoms with van der Waals surface area (Å²) < 4.78 is 1.85. The molecule has 1 fully saturated rings. The number of piperazine rings is 1. The topological polar surface area (TPSA) is 92.2 Å². The van der Waals surface area contributed by atoms with Crippen LogP contribution >= 0.6 is 0 Å². The molecule has 1 atom stereocenters. The zero-order chi connectivity index (χ0) is 18.8. The summed E-state index contributed by atoms with van der Waals surface area (Å²) in [7, 11) is 0. The maximum Gasteiger partial charge on any atom is 0.247 e. The van der Waals surface area contributed by atoms with Crippen LogP contribution in [0.3, 0.4) is 0 Å². The van der Waals surface area contributed by atoms with Gasteiger partial charge in [-0.05, 0) is 31.2 Å². The van der Waals surface area contributed by atoms with Gasteiger partial charge in [-0.3, -0.25) is 9.59 Å². The Morgan fingerprint density at radius 3 is 2.85 bits per heavy atom. The van der Waals surface area contributed by atoms with Crippen molar-refractivity contribution in [2.45, 2.75) is 13.0 Å². The summed E-state index contributed by atoms with van der Waals surface area (Å²) in [5.41, 5.74) is 2.38. The highest BCUT2D eigenvalue weighted by Gasteiger charge is 2.19. The van der Waals surface area contributed by atoms with Crippen molar-refractivity contribution in [2.24, 2.45) is 0 Å². The number of benzene rings is 1. The highest BCUT2D eigenvalue weighted by molar-refractivity contribution is 5.94. The number of hydrogen-bond acceptors (Lipinski definition) is 5. The van der Waals surface area contributed by atoms with Crippen molar-refractivity contribution in [3.05, 3.63) is 48.9 Å². The summed E-state index contributed by atoms with van der Waals surface area (Å²) >= 11 is 0. The van der Waals surface area contributed by atoms with Gasteiger partial charge in [-0.2, -0.15) is 0 Å². The van der Waals surface area contributed by atoms with Crippen LogP contribution in [0, 0.1) is 0 Å². The lowest BCUT2D eigenvalue weighted by molar-refractivity contribution is -0.120. The Morgan fingerprint density at radius 2 is 2.07 bits per heavy atom. The van der Waals surface area contributed by atoms with Crippen LogP contribution in [0.4, 0.5) is 11.5 Å². The molecular formula is C19H20N6O2. The van der Waals surface area contributed by atoms with Crippen LogP contribution in [0.25, 0.3) is 11.0 Å². The monoisotopic (exact) mass is 364 g/mol. The van der Waals surface area contributed by atoms with E-state index >= 15 is 0 Å². The SMILES string of the molecule is C[C@H](C(=O)Nc1ccc(N2CCNC(=O)C2)nc1)n1cnc2ccccc21. The molecular weight excluding hydrogens is 344 g/mol. The zero-order valence-electron chi connectivity index (χ0n) is 14.9. The van der Waals surface area contributed by atoms with Crippen molar-refractivity contribution in [3.8, 4) is 0 Å². The van der Waals surface area contributed by atoms with Crippen molar-refractivity contribution in [1.29, 1.82) is 0 Å². The van der Waals surface area contributed by atoms with E-state index in [1.54, 1.807) is 18.6 Å². The lowest BCUT2D eigenvalue weighted by Gasteiger charge is -2.27. The fourth-order valence-corrected chi connectivity index (χ4v) is 3.14. The highest BCUT2D eigenvalue weighted by atomic mass is 16.2. The third kappa shape index (κ3) is 3.46. The minimum Gasteiger partial charge on any atom is -0.353 e. The molecule has 4 rings (SSSR count). The maximum atomic E-state index is 12.6. The summed E-state index contributed by atoms with van der Waals surface area (Å²) in [5, 5.41) is 5.67. The molecule has 3 heterocycles. The van der Waals surface area contributed by atoms with Crippen LogP contribution in [0.15, 0.2) is 48.9 Å². The number of nitrogens with one attached hydrogen (secondary N) is 2. The predicted molar refractivity (Wildman–Crippen MR) is 103 cm³/mol. The van der Waals surface area contributed by atoms with Crippen LogP contribution in [-0.2, 0) is 9.59 Å². The number of aromatic nitrogens is 3. The number of amides is 2. The Kier molecular flexibility index (Phi) is 4.45. The third-order valence-electron chi connectivity index (χ3n) is 4.66. The largest absolute Gasteiger partial charge is 0.353 e. The normalized spacial score (nSPS) is 15.4. The Bertz CT molecular complexity index is 981. The summed E-state index contributed by atoms with van der Waals surface area (Å²) in [4.78, 5) is 34.7. The molecule has 3 aromatic rings. The fraction of sp³-hybridized carbons (Fsp3) is 0.263. The zero-order valence-corrected chi connectivity index (χ0v) is 14.9. The molecule has 2 aromatic heterocycles. The molecule has 0 spiro atoms. The van der Waals surface area contributed by atoms with E-state index in [4.69, 9.17) is 0 Å². The minimum absolute atomic E-state index is 0.0122. The predicted octanol–water partition coefficient (Wildman–Crippen LogP) is 1.57. The van der Waals surface area contributed by atoms with Crippen LogP contribution in [-0.4, -0.2) is 46.0 Å². The molecule has 0 aliphatic carbocycles. The molecule has 27 heavy (non-hydrogen) atoms. The van der Waals surface area contributed by atoms with Gasteiger partial charge in [-0.1, -0.05) is 12.1 Å². The first-order valence-electron chi connectivity index (χ1n) is 8.82. The summed E-state index contributed by atoms with van der Waals surface area (Å²) in [5.74, 6) is 0.559. The number of carbonyl (C=O) groups excluding carboxylic acids is 2. The molecule has 8 nitrogen and oxygen atoms in total. The number of fused-ring (bicyclic) bond motifs is 1. The van der Waals surface area contributed by atoms with Gasteiger partial charge < -0.3 is 20.1 Å². The average Bonchev–Trinajstić information content (AvgIpc) is 3.12. The number of para-hydroxylation sites is 2. The van der Waals surface area contributed by atoms with Gasteiger partial charge in [0.2, 0.25) is 11.8 Å². The number of imidazole rings is 1. The molecule has 1 aromatic carbocycles. The van der Waals surface area contributed by atoms with Gasteiger partial charge >= 0.3 is 0 Å². The first-order valence-corrected chi connectivity index (χ1v) is 8.82.